The molecule has 1 amide bonds. The maximum absolute atomic E-state index is 13.2. The van der Waals surface area contributed by atoms with Crippen LogP contribution in [0.5, 0.6) is 0 Å². The number of anilines is 2. The molecule has 0 spiro atoms. The number of rotatable bonds is 3. The molecule has 4 nitrogen and oxygen atoms in total. The van der Waals surface area contributed by atoms with Crippen LogP contribution in [0.2, 0.25) is 5.02 Å². The van der Waals surface area contributed by atoms with E-state index in [1.54, 1.807) is 24.3 Å². The first kappa shape index (κ1) is 18.7. The molecule has 0 bridgehead atoms. The number of aromatic nitrogens is 1. The second-order valence-corrected chi connectivity index (χ2v) is 7.17. The third-order valence-corrected chi connectivity index (χ3v) is 5.18. The molecule has 0 unspecified atom stereocenters. The molecule has 146 valence electrons. The number of hydrogen-bond acceptors (Lipinski definition) is 2. The van der Waals surface area contributed by atoms with Gasteiger partial charge in [0.15, 0.2) is 0 Å². The van der Waals surface area contributed by atoms with Crippen molar-refractivity contribution in [3.05, 3.63) is 58.7 Å². The molecule has 1 saturated heterocycles. The molecule has 2 aromatic carbocycles. The highest BCUT2D eigenvalue weighted by molar-refractivity contribution is 6.35. The number of halogens is 4. The Kier molecular flexibility index (Phi) is 4.71. The Morgan fingerprint density at radius 2 is 1.86 bits per heavy atom. The van der Waals surface area contributed by atoms with Gasteiger partial charge >= 0.3 is 6.18 Å². The smallest absolute Gasteiger partial charge is 0.370 e. The van der Waals surface area contributed by atoms with Gasteiger partial charge in [0.25, 0.3) is 5.91 Å². The van der Waals surface area contributed by atoms with Crippen LogP contribution >= 0.6 is 11.6 Å². The minimum Gasteiger partial charge on any atom is -0.370 e. The number of carbonyl (C=O) groups is 1. The summed E-state index contributed by atoms with van der Waals surface area (Å²) in [7, 11) is 0. The molecule has 0 aliphatic carbocycles. The number of para-hydroxylation sites is 1. The zero-order valence-corrected chi connectivity index (χ0v) is 15.5. The fourth-order valence-electron chi connectivity index (χ4n) is 3.48. The molecule has 28 heavy (non-hydrogen) atoms. The number of amides is 1. The number of nitrogens with one attached hydrogen (secondary N) is 2. The summed E-state index contributed by atoms with van der Waals surface area (Å²) in [5.41, 5.74) is 0.774. The van der Waals surface area contributed by atoms with Gasteiger partial charge in [-0.25, -0.2) is 0 Å². The van der Waals surface area contributed by atoms with Crippen molar-refractivity contribution < 1.29 is 18.0 Å². The maximum Gasteiger partial charge on any atom is 0.416 e. The Hall–Kier alpha value is -2.67. The van der Waals surface area contributed by atoms with Crippen molar-refractivity contribution in [3.8, 4) is 0 Å². The van der Waals surface area contributed by atoms with Crippen molar-refractivity contribution in [1.29, 1.82) is 0 Å². The molecular formula is C20H17ClF3N3O. The molecule has 1 aromatic heterocycles. The molecule has 8 heteroatoms. The lowest BCUT2D eigenvalue weighted by Gasteiger charge is -2.22. The van der Waals surface area contributed by atoms with E-state index >= 15 is 0 Å². The number of H-pyrrole nitrogens is 1. The fourth-order valence-corrected chi connectivity index (χ4v) is 3.71. The van der Waals surface area contributed by atoms with Crippen molar-refractivity contribution in [2.75, 3.05) is 23.3 Å². The monoisotopic (exact) mass is 407 g/mol. The molecule has 0 radical (unpaired) electrons. The lowest BCUT2D eigenvalue weighted by Crippen LogP contribution is -2.22. The molecule has 1 fully saturated rings. The second-order valence-electron chi connectivity index (χ2n) is 6.77. The van der Waals surface area contributed by atoms with E-state index < -0.39 is 17.6 Å². The van der Waals surface area contributed by atoms with E-state index in [0.717, 1.165) is 43.5 Å². The number of aromatic amines is 1. The van der Waals surface area contributed by atoms with Crippen molar-refractivity contribution >= 4 is 39.8 Å². The summed E-state index contributed by atoms with van der Waals surface area (Å²) in [6.45, 7) is 1.49. The molecule has 3 aromatic rings. The van der Waals surface area contributed by atoms with Gasteiger partial charge in [-0.1, -0.05) is 23.7 Å². The summed E-state index contributed by atoms with van der Waals surface area (Å²) in [6.07, 6.45) is -2.55. The molecule has 0 atom stereocenters. The van der Waals surface area contributed by atoms with Gasteiger partial charge in [0, 0.05) is 18.5 Å². The van der Waals surface area contributed by atoms with Crippen LogP contribution in [0.1, 0.15) is 28.9 Å². The normalized spacial score (nSPS) is 14.6. The lowest BCUT2D eigenvalue weighted by molar-refractivity contribution is -0.137. The van der Waals surface area contributed by atoms with Gasteiger partial charge in [-0.05, 0) is 43.2 Å². The average molecular weight is 408 g/mol. The Morgan fingerprint density at radius 3 is 2.54 bits per heavy atom. The third-order valence-electron chi connectivity index (χ3n) is 4.87. The number of carbonyl (C=O) groups excluding carboxylic acids is 1. The van der Waals surface area contributed by atoms with E-state index in [-0.39, 0.29) is 11.4 Å². The second kappa shape index (κ2) is 7.05. The average Bonchev–Trinajstić information content (AvgIpc) is 3.31. The van der Waals surface area contributed by atoms with Crippen LogP contribution < -0.4 is 10.2 Å². The Morgan fingerprint density at radius 1 is 1.11 bits per heavy atom. The quantitative estimate of drug-likeness (QED) is 0.585. The highest BCUT2D eigenvalue weighted by atomic mass is 35.5. The van der Waals surface area contributed by atoms with Gasteiger partial charge in [0.05, 0.1) is 27.5 Å². The molecular weight excluding hydrogens is 391 g/mol. The van der Waals surface area contributed by atoms with E-state index in [1.807, 2.05) is 4.90 Å². The Balaban J connectivity index is 1.69. The Labute approximate surface area is 164 Å². The summed E-state index contributed by atoms with van der Waals surface area (Å²) < 4.78 is 39.5. The van der Waals surface area contributed by atoms with Crippen LogP contribution in [0.3, 0.4) is 0 Å². The first-order valence-corrected chi connectivity index (χ1v) is 9.25. The van der Waals surface area contributed by atoms with Crippen molar-refractivity contribution in [2.24, 2.45) is 0 Å². The standard InChI is InChI=1S/C20H17ClF3N3O/c21-14-5-3-4-12-10-16(25-18(12)14)19(28)26-15-11-13(20(22,23)24)6-7-17(15)27-8-1-2-9-27/h3-7,10-11,25H,1-2,8-9H2,(H,26,28). The highest BCUT2D eigenvalue weighted by Gasteiger charge is 2.32. The van der Waals surface area contributed by atoms with Crippen LogP contribution in [-0.2, 0) is 6.18 Å². The van der Waals surface area contributed by atoms with Gasteiger partial charge in [-0.2, -0.15) is 13.2 Å². The highest BCUT2D eigenvalue weighted by Crippen LogP contribution is 2.37. The SMILES string of the molecule is O=C(Nc1cc(C(F)(F)F)ccc1N1CCCC1)c1cc2cccc(Cl)c2[nH]1. The summed E-state index contributed by atoms with van der Waals surface area (Å²) in [4.78, 5) is 17.7. The predicted octanol–water partition coefficient (Wildman–Crippen LogP) is 5.69. The molecule has 2 N–H and O–H groups in total. The summed E-state index contributed by atoms with van der Waals surface area (Å²) >= 11 is 6.12. The number of benzene rings is 2. The van der Waals surface area contributed by atoms with Gasteiger partial charge in [0.1, 0.15) is 5.69 Å². The molecule has 2 heterocycles. The maximum atomic E-state index is 13.2. The van der Waals surface area contributed by atoms with Crippen molar-refractivity contribution in [2.45, 2.75) is 19.0 Å². The third kappa shape index (κ3) is 3.54. The van der Waals surface area contributed by atoms with Gasteiger partial charge < -0.3 is 15.2 Å². The van der Waals surface area contributed by atoms with Crippen molar-refractivity contribution in [3.63, 3.8) is 0 Å². The van der Waals surface area contributed by atoms with Gasteiger partial charge in [-0.3, -0.25) is 4.79 Å². The summed E-state index contributed by atoms with van der Waals surface area (Å²) in [6, 6.07) is 10.3. The van der Waals surface area contributed by atoms with Crippen LogP contribution in [0.15, 0.2) is 42.5 Å². The van der Waals surface area contributed by atoms with Crippen LogP contribution in [-0.4, -0.2) is 24.0 Å². The molecule has 0 saturated carbocycles. The van der Waals surface area contributed by atoms with Gasteiger partial charge in [-0.15, -0.1) is 0 Å². The van der Waals surface area contributed by atoms with E-state index in [0.29, 0.717) is 16.2 Å². The van der Waals surface area contributed by atoms with Gasteiger partial charge in [0.2, 0.25) is 0 Å². The topological polar surface area (TPSA) is 48.1 Å². The van der Waals surface area contributed by atoms with E-state index in [1.165, 1.54) is 6.07 Å². The summed E-state index contributed by atoms with van der Waals surface area (Å²) in [5.74, 6) is -0.521. The number of hydrogen-bond donors (Lipinski definition) is 2. The van der Waals surface area contributed by atoms with E-state index in [2.05, 4.69) is 10.3 Å². The van der Waals surface area contributed by atoms with Crippen molar-refractivity contribution in [1.82, 2.24) is 4.98 Å². The molecule has 4 rings (SSSR count). The number of fused-ring (bicyclic) bond motifs is 1. The first-order chi connectivity index (χ1) is 13.3. The lowest BCUT2D eigenvalue weighted by atomic mass is 10.1. The van der Waals surface area contributed by atoms with Crippen LogP contribution in [0, 0.1) is 0 Å². The zero-order valence-electron chi connectivity index (χ0n) is 14.7. The fraction of sp³-hybridized carbons (Fsp3) is 0.250. The number of alkyl halides is 3. The van der Waals surface area contributed by atoms with E-state index in [9.17, 15) is 18.0 Å². The van der Waals surface area contributed by atoms with Crippen LogP contribution in [0.25, 0.3) is 10.9 Å². The Bertz CT molecular complexity index is 1040. The molecule has 1 aliphatic rings. The minimum absolute atomic E-state index is 0.145. The summed E-state index contributed by atoms with van der Waals surface area (Å²) in [5, 5.41) is 3.86. The largest absolute Gasteiger partial charge is 0.416 e. The number of nitrogens with zero attached hydrogens (tertiary/aromatic N) is 1. The van der Waals surface area contributed by atoms with Crippen LogP contribution in [0.4, 0.5) is 24.5 Å². The zero-order chi connectivity index (χ0) is 19.9. The predicted molar refractivity (Wildman–Crippen MR) is 104 cm³/mol. The molecule has 1 aliphatic heterocycles. The minimum atomic E-state index is -4.49. The van der Waals surface area contributed by atoms with E-state index in [4.69, 9.17) is 11.6 Å². The first-order valence-electron chi connectivity index (χ1n) is 8.88.